The second kappa shape index (κ2) is 14.3. The zero-order chi connectivity index (χ0) is 13.6. The number of hydrogen-bond acceptors (Lipinski definition) is 0. The molecule has 0 aliphatic rings. The van der Waals surface area contributed by atoms with Crippen molar-refractivity contribution in [2.75, 3.05) is 37.0 Å². The van der Waals surface area contributed by atoms with Crippen molar-refractivity contribution in [3.63, 3.8) is 0 Å². The minimum Gasteiger partial charge on any atom is -0.107 e. The molecule has 0 spiro atoms. The van der Waals surface area contributed by atoms with Crippen molar-refractivity contribution >= 4 is 15.8 Å². The summed E-state index contributed by atoms with van der Waals surface area (Å²) in [7, 11) is 0.811. The van der Waals surface area contributed by atoms with Gasteiger partial charge in [-0.1, -0.05) is 53.4 Å². The molecule has 0 radical (unpaired) electrons. The van der Waals surface area contributed by atoms with Crippen LogP contribution < -0.4 is 0 Å². The van der Waals surface area contributed by atoms with E-state index in [1.807, 2.05) is 0 Å². The van der Waals surface area contributed by atoms with Gasteiger partial charge in [0, 0.05) is 0 Å². The van der Waals surface area contributed by atoms with Crippen molar-refractivity contribution < 1.29 is 0 Å². The third kappa shape index (κ3) is 10.8. The van der Waals surface area contributed by atoms with Crippen LogP contribution in [0.15, 0.2) is 0 Å². The van der Waals surface area contributed by atoms with E-state index >= 15 is 0 Å². The predicted molar refractivity (Wildman–Crippen MR) is 93.4 cm³/mol. The molecule has 0 aromatic carbocycles. The molecule has 0 saturated carbocycles. The average Bonchev–Trinajstić information content (AvgIpc) is 2.41. The van der Waals surface area contributed by atoms with Gasteiger partial charge in [0.05, 0.1) is 0 Å². The third-order valence-corrected chi connectivity index (χ3v) is 9.46. The topological polar surface area (TPSA) is 0 Å². The minimum atomic E-state index is 0.406. The molecule has 0 bridgehead atoms. The Bertz CT molecular complexity index is 133. The predicted octanol–water partition coefficient (Wildman–Crippen LogP) is 6.37. The summed E-state index contributed by atoms with van der Waals surface area (Å²) in [4.78, 5) is 0. The molecule has 0 amide bonds. The molecule has 0 N–H and O–H groups in total. The second-order valence-corrected chi connectivity index (χ2v) is 11.3. The van der Waals surface area contributed by atoms with Crippen LogP contribution in [0, 0.1) is 0 Å². The molecular formula is C16H36P2. The Morgan fingerprint density at radius 1 is 0.444 bits per heavy atom. The van der Waals surface area contributed by atoms with Gasteiger partial charge in [-0.2, -0.15) is 0 Å². The summed E-state index contributed by atoms with van der Waals surface area (Å²) < 4.78 is 0. The molecule has 2 heteroatoms. The lowest BCUT2D eigenvalue weighted by Crippen LogP contribution is -1.92. The first-order valence-corrected chi connectivity index (χ1v) is 12.0. The summed E-state index contributed by atoms with van der Waals surface area (Å²) in [5, 5.41) is 0. The van der Waals surface area contributed by atoms with Gasteiger partial charge >= 0.3 is 0 Å². The van der Waals surface area contributed by atoms with Crippen molar-refractivity contribution in [2.45, 2.75) is 66.2 Å². The van der Waals surface area contributed by atoms with Crippen LogP contribution >= 0.6 is 15.8 Å². The summed E-state index contributed by atoms with van der Waals surface area (Å²) in [6.07, 6.45) is 17.9. The van der Waals surface area contributed by atoms with E-state index in [9.17, 15) is 0 Å². The monoisotopic (exact) mass is 290 g/mol. The first-order valence-electron chi connectivity index (χ1n) is 8.23. The van der Waals surface area contributed by atoms with Crippen molar-refractivity contribution in [3.8, 4) is 0 Å². The maximum atomic E-state index is 2.37. The molecule has 18 heavy (non-hydrogen) atoms. The molecule has 0 saturated heterocycles. The minimum absolute atomic E-state index is 0.406. The summed E-state index contributed by atoms with van der Waals surface area (Å²) >= 11 is 0. The van der Waals surface area contributed by atoms with Gasteiger partial charge in [-0.25, -0.2) is 0 Å². The second-order valence-electron chi connectivity index (χ2n) is 5.18. The van der Waals surface area contributed by atoms with Gasteiger partial charge in [-0.05, 0) is 49.8 Å². The van der Waals surface area contributed by atoms with Crippen molar-refractivity contribution in [1.29, 1.82) is 0 Å². The lowest BCUT2D eigenvalue weighted by atomic mass is 10.1. The van der Waals surface area contributed by atoms with Crippen LogP contribution in [0.3, 0.4) is 0 Å². The highest BCUT2D eigenvalue weighted by Crippen LogP contribution is 2.36. The van der Waals surface area contributed by atoms with Crippen LogP contribution in [0.1, 0.15) is 66.2 Å². The molecule has 110 valence electrons. The van der Waals surface area contributed by atoms with E-state index in [0.717, 1.165) is 0 Å². The summed E-state index contributed by atoms with van der Waals surface area (Å²) in [6.45, 7) is 9.48. The fourth-order valence-corrected chi connectivity index (χ4v) is 5.96. The van der Waals surface area contributed by atoms with E-state index in [1.54, 1.807) is 12.3 Å². The maximum Gasteiger partial charge on any atom is -0.0326 e. The molecule has 0 aliphatic heterocycles. The Balaban J connectivity index is 3.21. The molecule has 0 nitrogen and oxygen atoms in total. The molecular weight excluding hydrogens is 254 g/mol. The van der Waals surface area contributed by atoms with Crippen LogP contribution in [0.5, 0.6) is 0 Å². The SMILES string of the molecule is CCP(CC)CCCCCCCCP(CC)CC. The van der Waals surface area contributed by atoms with E-state index in [-0.39, 0.29) is 0 Å². The van der Waals surface area contributed by atoms with Gasteiger partial charge in [-0.15, -0.1) is 15.8 Å². The van der Waals surface area contributed by atoms with Crippen LogP contribution in [-0.2, 0) is 0 Å². The van der Waals surface area contributed by atoms with Crippen molar-refractivity contribution in [2.24, 2.45) is 0 Å². The molecule has 0 aliphatic carbocycles. The first kappa shape index (κ1) is 18.9. The van der Waals surface area contributed by atoms with E-state index in [2.05, 4.69) is 27.7 Å². The molecule has 0 rings (SSSR count). The van der Waals surface area contributed by atoms with Crippen LogP contribution in [0.25, 0.3) is 0 Å². The van der Waals surface area contributed by atoms with Crippen LogP contribution in [0.2, 0.25) is 0 Å². The number of hydrogen-bond donors (Lipinski definition) is 0. The lowest BCUT2D eigenvalue weighted by molar-refractivity contribution is 0.627. The molecule has 0 aromatic rings. The van der Waals surface area contributed by atoms with Gasteiger partial charge in [-0.3, -0.25) is 0 Å². The number of rotatable bonds is 13. The molecule has 0 heterocycles. The normalized spacial score (nSPS) is 11.7. The Kier molecular flexibility index (Phi) is 15.0. The zero-order valence-electron chi connectivity index (χ0n) is 13.4. The lowest BCUT2D eigenvalue weighted by Gasteiger charge is -2.13. The van der Waals surface area contributed by atoms with Gasteiger partial charge in [0.2, 0.25) is 0 Å². The van der Waals surface area contributed by atoms with Gasteiger partial charge in [0.15, 0.2) is 0 Å². The molecule has 0 aromatic heterocycles. The molecule has 0 fully saturated rings. The summed E-state index contributed by atoms with van der Waals surface area (Å²) in [5.41, 5.74) is 0. The Labute approximate surface area is 119 Å². The third-order valence-electron chi connectivity index (χ3n) is 3.99. The van der Waals surface area contributed by atoms with Crippen LogP contribution in [0.4, 0.5) is 0 Å². The highest BCUT2D eigenvalue weighted by Gasteiger charge is 2.02. The van der Waals surface area contributed by atoms with Gasteiger partial charge in [0.25, 0.3) is 0 Å². The van der Waals surface area contributed by atoms with E-state index in [1.165, 1.54) is 63.2 Å². The van der Waals surface area contributed by atoms with Gasteiger partial charge in [0.1, 0.15) is 0 Å². The van der Waals surface area contributed by atoms with E-state index in [4.69, 9.17) is 0 Å². The Hall–Kier alpha value is 0.860. The average molecular weight is 290 g/mol. The largest absolute Gasteiger partial charge is 0.107 e. The quantitative estimate of drug-likeness (QED) is 0.273. The highest BCUT2D eigenvalue weighted by atomic mass is 31.1. The number of unbranched alkanes of at least 4 members (excludes halogenated alkanes) is 5. The highest BCUT2D eigenvalue weighted by molar-refractivity contribution is 7.57. The van der Waals surface area contributed by atoms with E-state index < -0.39 is 0 Å². The standard InChI is InChI=1S/C16H36P2/c1-5-17(6-2)15-13-11-9-10-12-14-16-18(7-3)8-4/h5-16H2,1-4H3. The van der Waals surface area contributed by atoms with Crippen molar-refractivity contribution in [1.82, 2.24) is 0 Å². The fourth-order valence-electron chi connectivity index (χ4n) is 2.46. The van der Waals surface area contributed by atoms with Gasteiger partial charge < -0.3 is 0 Å². The Morgan fingerprint density at radius 2 is 0.722 bits per heavy atom. The van der Waals surface area contributed by atoms with Crippen molar-refractivity contribution in [3.05, 3.63) is 0 Å². The maximum absolute atomic E-state index is 2.37. The van der Waals surface area contributed by atoms with E-state index in [0.29, 0.717) is 15.8 Å². The smallest absolute Gasteiger partial charge is 0.0326 e. The summed E-state index contributed by atoms with van der Waals surface area (Å²) in [6, 6.07) is 0. The fraction of sp³-hybridized carbons (Fsp3) is 1.00. The molecule has 0 unspecified atom stereocenters. The first-order chi connectivity index (χ1) is 8.78. The summed E-state index contributed by atoms with van der Waals surface area (Å²) in [5.74, 6) is 0. The zero-order valence-corrected chi connectivity index (χ0v) is 15.2. The van der Waals surface area contributed by atoms with Crippen LogP contribution in [-0.4, -0.2) is 37.0 Å². The molecule has 0 atom stereocenters. The Morgan fingerprint density at radius 3 is 1.00 bits per heavy atom.